The lowest BCUT2D eigenvalue weighted by Gasteiger charge is -2.20. The van der Waals surface area contributed by atoms with Gasteiger partial charge in [0.1, 0.15) is 11.4 Å². The SMILES string of the molecule is CCC1CCC(NS(=O)(=O)c2cnn(CC(=O)O)c2)C1C. The number of nitrogens with zero attached hydrogens (tertiary/aromatic N) is 2. The van der Waals surface area contributed by atoms with E-state index in [4.69, 9.17) is 5.11 Å². The maximum Gasteiger partial charge on any atom is 0.325 e. The minimum Gasteiger partial charge on any atom is -0.480 e. The molecule has 3 atom stereocenters. The average Bonchev–Trinajstić information content (AvgIpc) is 2.97. The molecule has 0 spiro atoms. The molecule has 1 saturated carbocycles. The molecule has 1 heterocycles. The van der Waals surface area contributed by atoms with Crippen molar-refractivity contribution in [1.29, 1.82) is 0 Å². The monoisotopic (exact) mass is 315 g/mol. The first kappa shape index (κ1) is 16.0. The summed E-state index contributed by atoms with van der Waals surface area (Å²) in [5.41, 5.74) is 0. The van der Waals surface area contributed by atoms with Gasteiger partial charge in [0.15, 0.2) is 0 Å². The highest BCUT2D eigenvalue weighted by molar-refractivity contribution is 7.89. The molecule has 0 aliphatic heterocycles. The van der Waals surface area contributed by atoms with Crippen molar-refractivity contribution in [2.24, 2.45) is 11.8 Å². The summed E-state index contributed by atoms with van der Waals surface area (Å²) in [6.07, 6.45) is 5.34. The van der Waals surface area contributed by atoms with Crippen molar-refractivity contribution in [2.75, 3.05) is 0 Å². The molecule has 1 aromatic heterocycles. The van der Waals surface area contributed by atoms with Gasteiger partial charge in [0, 0.05) is 12.2 Å². The summed E-state index contributed by atoms with van der Waals surface area (Å²) in [5, 5.41) is 12.4. The molecular weight excluding hydrogens is 294 g/mol. The van der Waals surface area contributed by atoms with Crippen LogP contribution in [0.3, 0.4) is 0 Å². The third-order valence-corrected chi connectivity index (χ3v) is 5.72. The van der Waals surface area contributed by atoms with Crippen LogP contribution >= 0.6 is 0 Å². The number of rotatable bonds is 6. The fourth-order valence-electron chi connectivity index (χ4n) is 2.97. The van der Waals surface area contributed by atoms with Gasteiger partial charge < -0.3 is 5.11 Å². The van der Waals surface area contributed by atoms with Crippen molar-refractivity contribution < 1.29 is 18.3 Å². The first-order valence-corrected chi connectivity index (χ1v) is 8.58. The Labute approximate surface area is 124 Å². The molecule has 8 heteroatoms. The fraction of sp³-hybridized carbons (Fsp3) is 0.692. The number of aromatic nitrogens is 2. The zero-order valence-electron chi connectivity index (χ0n) is 12.2. The van der Waals surface area contributed by atoms with E-state index in [0.29, 0.717) is 11.8 Å². The predicted molar refractivity (Wildman–Crippen MR) is 76.2 cm³/mol. The third-order valence-electron chi connectivity index (χ3n) is 4.27. The van der Waals surface area contributed by atoms with E-state index in [9.17, 15) is 13.2 Å². The molecule has 0 amide bonds. The molecule has 7 nitrogen and oxygen atoms in total. The number of carboxylic acid groups (broad SMARTS) is 1. The van der Waals surface area contributed by atoms with Gasteiger partial charge >= 0.3 is 5.97 Å². The van der Waals surface area contributed by atoms with Gasteiger partial charge in [0.05, 0.1) is 6.20 Å². The number of aliphatic carboxylic acids is 1. The largest absolute Gasteiger partial charge is 0.480 e. The quantitative estimate of drug-likeness (QED) is 0.817. The van der Waals surface area contributed by atoms with Gasteiger partial charge in [-0.15, -0.1) is 0 Å². The molecule has 2 N–H and O–H groups in total. The standard InChI is InChI=1S/C13H21N3O4S/c1-3-10-4-5-12(9(10)2)15-21(19,20)11-6-14-16(7-11)8-13(17)18/h6-7,9-10,12,15H,3-5,8H2,1-2H3,(H,17,18). The van der Waals surface area contributed by atoms with Crippen LogP contribution in [-0.2, 0) is 21.4 Å². The van der Waals surface area contributed by atoms with Gasteiger partial charge in [-0.25, -0.2) is 13.1 Å². The molecule has 1 aromatic rings. The Morgan fingerprint density at radius 2 is 2.24 bits per heavy atom. The van der Waals surface area contributed by atoms with Crippen LogP contribution in [-0.4, -0.2) is 35.3 Å². The average molecular weight is 315 g/mol. The van der Waals surface area contributed by atoms with Crippen LogP contribution in [0.1, 0.15) is 33.1 Å². The Balaban J connectivity index is 2.08. The van der Waals surface area contributed by atoms with Gasteiger partial charge in [-0.1, -0.05) is 20.3 Å². The zero-order chi connectivity index (χ0) is 15.6. The lowest BCUT2D eigenvalue weighted by molar-refractivity contribution is -0.137. The number of carbonyl (C=O) groups is 1. The molecule has 1 aliphatic carbocycles. The van der Waals surface area contributed by atoms with E-state index in [0.717, 1.165) is 23.9 Å². The molecular formula is C13H21N3O4S. The fourth-order valence-corrected chi connectivity index (χ4v) is 4.28. The van der Waals surface area contributed by atoms with Crippen molar-refractivity contribution >= 4 is 16.0 Å². The van der Waals surface area contributed by atoms with Crippen LogP contribution in [0.5, 0.6) is 0 Å². The highest BCUT2D eigenvalue weighted by Crippen LogP contribution is 2.34. The second-order valence-corrected chi connectivity index (χ2v) is 7.31. The highest BCUT2D eigenvalue weighted by Gasteiger charge is 2.34. The number of carboxylic acids is 1. The normalized spacial score (nSPS) is 26.1. The first-order chi connectivity index (χ1) is 9.83. The van der Waals surface area contributed by atoms with Gasteiger partial charge in [0.25, 0.3) is 0 Å². The van der Waals surface area contributed by atoms with Crippen LogP contribution in [0, 0.1) is 11.8 Å². The van der Waals surface area contributed by atoms with Crippen LogP contribution < -0.4 is 4.72 Å². The highest BCUT2D eigenvalue weighted by atomic mass is 32.2. The summed E-state index contributed by atoms with van der Waals surface area (Å²) < 4.78 is 28.5. The summed E-state index contributed by atoms with van der Waals surface area (Å²) in [6, 6.07) is -0.0669. The number of sulfonamides is 1. The maximum atomic E-state index is 12.3. The lowest BCUT2D eigenvalue weighted by atomic mass is 9.94. The summed E-state index contributed by atoms with van der Waals surface area (Å²) in [5.74, 6) is -0.212. The topological polar surface area (TPSA) is 101 Å². The Morgan fingerprint density at radius 3 is 2.81 bits per heavy atom. The summed E-state index contributed by atoms with van der Waals surface area (Å²) in [6.45, 7) is 3.84. The van der Waals surface area contributed by atoms with Crippen LogP contribution in [0.2, 0.25) is 0 Å². The van der Waals surface area contributed by atoms with Crippen molar-refractivity contribution in [3.05, 3.63) is 12.4 Å². The van der Waals surface area contributed by atoms with Gasteiger partial charge in [-0.2, -0.15) is 5.10 Å². The number of hydrogen-bond donors (Lipinski definition) is 2. The lowest BCUT2D eigenvalue weighted by Crippen LogP contribution is -2.37. The smallest absolute Gasteiger partial charge is 0.325 e. The molecule has 0 aromatic carbocycles. The maximum absolute atomic E-state index is 12.3. The van der Waals surface area contributed by atoms with Crippen molar-refractivity contribution in [1.82, 2.24) is 14.5 Å². The second-order valence-electron chi connectivity index (χ2n) is 5.60. The van der Waals surface area contributed by atoms with E-state index < -0.39 is 16.0 Å². The Kier molecular flexibility index (Phi) is 4.67. The molecule has 1 aliphatic rings. The van der Waals surface area contributed by atoms with E-state index in [1.54, 1.807) is 0 Å². The van der Waals surface area contributed by atoms with E-state index in [-0.39, 0.29) is 17.5 Å². The van der Waals surface area contributed by atoms with Gasteiger partial charge in [-0.05, 0) is 24.7 Å². The van der Waals surface area contributed by atoms with Crippen molar-refractivity contribution in [3.8, 4) is 0 Å². The van der Waals surface area contributed by atoms with Crippen molar-refractivity contribution in [2.45, 2.75) is 50.6 Å². The molecule has 3 unspecified atom stereocenters. The third kappa shape index (κ3) is 3.62. The molecule has 0 radical (unpaired) electrons. The molecule has 0 saturated heterocycles. The first-order valence-electron chi connectivity index (χ1n) is 7.10. The summed E-state index contributed by atoms with van der Waals surface area (Å²) >= 11 is 0. The van der Waals surface area contributed by atoms with E-state index in [1.807, 2.05) is 0 Å². The molecule has 118 valence electrons. The van der Waals surface area contributed by atoms with E-state index >= 15 is 0 Å². The molecule has 1 fully saturated rings. The second kappa shape index (κ2) is 6.15. The minimum atomic E-state index is -3.65. The number of nitrogens with one attached hydrogen (secondary N) is 1. The number of hydrogen-bond acceptors (Lipinski definition) is 4. The van der Waals surface area contributed by atoms with Gasteiger partial charge in [-0.3, -0.25) is 9.48 Å². The Morgan fingerprint density at radius 1 is 1.52 bits per heavy atom. The zero-order valence-corrected chi connectivity index (χ0v) is 13.0. The Hall–Kier alpha value is -1.41. The molecule has 21 heavy (non-hydrogen) atoms. The molecule has 2 rings (SSSR count). The van der Waals surface area contributed by atoms with E-state index in [1.165, 1.54) is 12.4 Å². The molecule has 0 bridgehead atoms. The van der Waals surface area contributed by atoms with Crippen molar-refractivity contribution in [3.63, 3.8) is 0 Å². The Bertz CT molecular complexity index is 611. The summed E-state index contributed by atoms with van der Waals surface area (Å²) in [4.78, 5) is 10.6. The van der Waals surface area contributed by atoms with Crippen LogP contribution in [0.15, 0.2) is 17.3 Å². The van der Waals surface area contributed by atoms with Crippen LogP contribution in [0.4, 0.5) is 0 Å². The predicted octanol–water partition coefficient (Wildman–Crippen LogP) is 1.07. The minimum absolute atomic E-state index is 0.0101. The van der Waals surface area contributed by atoms with E-state index in [2.05, 4.69) is 23.7 Å². The summed E-state index contributed by atoms with van der Waals surface area (Å²) in [7, 11) is -3.65. The van der Waals surface area contributed by atoms with Gasteiger partial charge in [0.2, 0.25) is 10.0 Å². The van der Waals surface area contributed by atoms with Crippen LogP contribution in [0.25, 0.3) is 0 Å².